The van der Waals surface area contributed by atoms with Gasteiger partial charge in [-0.2, -0.15) is 0 Å². The Labute approximate surface area is 133 Å². The number of hydrogen-bond acceptors (Lipinski definition) is 1. The minimum Gasteiger partial charge on any atom is -0.478 e. The van der Waals surface area contributed by atoms with E-state index >= 15 is 0 Å². The molecule has 1 aliphatic carbocycles. The van der Waals surface area contributed by atoms with E-state index in [1.165, 1.54) is 36.5 Å². The quantitative estimate of drug-likeness (QED) is 0.528. The summed E-state index contributed by atoms with van der Waals surface area (Å²) < 4.78 is 0. The molecule has 1 N–H and O–H groups in total. The number of carboxylic acid groups (broad SMARTS) is 1. The highest BCUT2D eigenvalue weighted by molar-refractivity contribution is 5.80. The standard InChI is InChI=1S/C20H26O2/c1-17-13-12-16-20(2,3)18(17)14-10-8-6-4-5-7-9-11-15-19(21)22/h4-11,14-15H,12-13,16H2,1-3H3,(H,21,22). The fraction of sp³-hybridized carbons (Fsp3) is 0.350. The van der Waals surface area contributed by atoms with Gasteiger partial charge in [0.25, 0.3) is 0 Å². The molecule has 0 bridgehead atoms. The van der Waals surface area contributed by atoms with Crippen molar-refractivity contribution in [3.05, 3.63) is 71.9 Å². The van der Waals surface area contributed by atoms with Gasteiger partial charge < -0.3 is 5.11 Å². The Morgan fingerprint density at radius 3 is 2.09 bits per heavy atom. The van der Waals surface area contributed by atoms with E-state index in [1.54, 1.807) is 12.2 Å². The first kappa shape index (κ1) is 18.0. The van der Waals surface area contributed by atoms with Crippen molar-refractivity contribution in [3.8, 4) is 0 Å². The summed E-state index contributed by atoms with van der Waals surface area (Å²) in [6.07, 6.45) is 21.9. The van der Waals surface area contributed by atoms with Crippen molar-refractivity contribution < 1.29 is 9.90 Å². The van der Waals surface area contributed by atoms with E-state index in [0.29, 0.717) is 0 Å². The van der Waals surface area contributed by atoms with Crippen LogP contribution in [0, 0.1) is 5.41 Å². The fourth-order valence-electron chi connectivity index (χ4n) is 2.68. The predicted molar refractivity (Wildman–Crippen MR) is 93.7 cm³/mol. The number of carboxylic acids is 1. The van der Waals surface area contributed by atoms with Crippen LogP contribution in [0.3, 0.4) is 0 Å². The number of rotatable bonds is 6. The average Bonchev–Trinajstić information content (AvgIpc) is 2.42. The molecule has 2 nitrogen and oxygen atoms in total. The lowest BCUT2D eigenvalue weighted by atomic mass is 9.73. The van der Waals surface area contributed by atoms with Crippen molar-refractivity contribution in [1.29, 1.82) is 0 Å². The summed E-state index contributed by atoms with van der Waals surface area (Å²) in [5.41, 5.74) is 3.25. The molecule has 0 aromatic rings. The van der Waals surface area contributed by atoms with Crippen LogP contribution in [-0.2, 0) is 4.79 Å². The topological polar surface area (TPSA) is 37.3 Å². The van der Waals surface area contributed by atoms with Crippen molar-refractivity contribution in [3.63, 3.8) is 0 Å². The van der Waals surface area contributed by atoms with Gasteiger partial charge in [0.1, 0.15) is 0 Å². The van der Waals surface area contributed by atoms with E-state index in [0.717, 1.165) is 6.08 Å². The highest BCUT2D eigenvalue weighted by Gasteiger charge is 2.26. The van der Waals surface area contributed by atoms with Crippen LogP contribution >= 0.6 is 0 Å². The van der Waals surface area contributed by atoms with E-state index in [-0.39, 0.29) is 5.41 Å². The second-order valence-electron chi connectivity index (χ2n) is 6.14. The maximum atomic E-state index is 10.2. The van der Waals surface area contributed by atoms with Crippen molar-refractivity contribution in [2.45, 2.75) is 40.0 Å². The van der Waals surface area contributed by atoms with Crippen LogP contribution in [0.25, 0.3) is 0 Å². The lowest BCUT2D eigenvalue weighted by Gasteiger charge is -2.32. The van der Waals surface area contributed by atoms with Gasteiger partial charge in [-0.05, 0) is 37.2 Å². The maximum Gasteiger partial charge on any atom is 0.328 e. The summed E-state index contributed by atoms with van der Waals surface area (Å²) in [7, 11) is 0. The molecular weight excluding hydrogens is 272 g/mol. The van der Waals surface area contributed by atoms with Crippen LogP contribution in [0.1, 0.15) is 40.0 Å². The van der Waals surface area contributed by atoms with Gasteiger partial charge in [0, 0.05) is 6.08 Å². The van der Waals surface area contributed by atoms with Crippen molar-refractivity contribution in [2.75, 3.05) is 0 Å². The zero-order valence-electron chi connectivity index (χ0n) is 13.8. The lowest BCUT2D eigenvalue weighted by molar-refractivity contribution is -0.131. The van der Waals surface area contributed by atoms with Crippen LogP contribution in [-0.4, -0.2) is 11.1 Å². The van der Waals surface area contributed by atoms with Gasteiger partial charge in [-0.25, -0.2) is 4.79 Å². The molecule has 0 atom stereocenters. The normalized spacial score (nSPS) is 19.6. The Morgan fingerprint density at radius 2 is 1.55 bits per heavy atom. The SMILES string of the molecule is CC1=C(C=CC=CC=CC=CC=CC(=O)O)C(C)(C)CCC1. The molecule has 0 unspecified atom stereocenters. The summed E-state index contributed by atoms with van der Waals surface area (Å²) in [4.78, 5) is 10.2. The first-order chi connectivity index (χ1) is 10.4. The third-order valence-electron chi connectivity index (χ3n) is 3.82. The second-order valence-corrected chi connectivity index (χ2v) is 6.14. The molecule has 0 aromatic carbocycles. The third-order valence-corrected chi connectivity index (χ3v) is 3.82. The van der Waals surface area contributed by atoms with E-state index in [9.17, 15) is 4.79 Å². The van der Waals surface area contributed by atoms with Gasteiger partial charge in [-0.1, -0.05) is 74.1 Å². The van der Waals surface area contributed by atoms with Gasteiger partial charge >= 0.3 is 5.97 Å². The molecule has 0 saturated carbocycles. The smallest absolute Gasteiger partial charge is 0.328 e. The summed E-state index contributed by atoms with van der Waals surface area (Å²) >= 11 is 0. The van der Waals surface area contributed by atoms with Crippen LogP contribution in [0.2, 0.25) is 0 Å². The van der Waals surface area contributed by atoms with Gasteiger partial charge in [0.15, 0.2) is 0 Å². The van der Waals surface area contributed by atoms with Crippen LogP contribution in [0.15, 0.2) is 71.9 Å². The van der Waals surface area contributed by atoms with Gasteiger partial charge in [0.05, 0.1) is 0 Å². The Morgan fingerprint density at radius 1 is 1.00 bits per heavy atom. The molecule has 0 aliphatic heterocycles. The molecule has 0 saturated heterocycles. The summed E-state index contributed by atoms with van der Waals surface area (Å²) in [6.45, 7) is 6.86. The molecule has 2 heteroatoms. The van der Waals surface area contributed by atoms with Crippen molar-refractivity contribution in [1.82, 2.24) is 0 Å². The van der Waals surface area contributed by atoms with Gasteiger partial charge in [-0.3, -0.25) is 0 Å². The Hall–Kier alpha value is -2.09. The fourth-order valence-corrected chi connectivity index (χ4v) is 2.68. The van der Waals surface area contributed by atoms with E-state index in [4.69, 9.17) is 5.11 Å². The minimum absolute atomic E-state index is 0.279. The molecule has 22 heavy (non-hydrogen) atoms. The van der Waals surface area contributed by atoms with Gasteiger partial charge in [0.2, 0.25) is 0 Å². The molecule has 0 fully saturated rings. The Balaban J connectivity index is 2.50. The van der Waals surface area contributed by atoms with Gasteiger partial charge in [-0.15, -0.1) is 0 Å². The highest BCUT2D eigenvalue weighted by atomic mass is 16.4. The second kappa shape index (κ2) is 9.04. The zero-order valence-corrected chi connectivity index (χ0v) is 13.8. The van der Waals surface area contributed by atoms with Crippen LogP contribution < -0.4 is 0 Å². The van der Waals surface area contributed by atoms with E-state index in [1.807, 2.05) is 24.3 Å². The average molecular weight is 298 g/mol. The number of carbonyl (C=O) groups is 1. The van der Waals surface area contributed by atoms with E-state index in [2.05, 4.69) is 32.9 Å². The van der Waals surface area contributed by atoms with Crippen LogP contribution in [0.5, 0.6) is 0 Å². The summed E-state index contributed by atoms with van der Waals surface area (Å²) in [6, 6.07) is 0. The third kappa shape index (κ3) is 6.57. The van der Waals surface area contributed by atoms with Crippen molar-refractivity contribution in [2.24, 2.45) is 5.41 Å². The van der Waals surface area contributed by atoms with E-state index < -0.39 is 5.97 Å². The molecule has 0 amide bonds. The minimum atomic E-state index is -0.936. The monoisotopic (exact) mass is 298 g/mol. The van der Waals surface area contributed by atoms with Crippen LogP contribution in [0.4, 0.5) is 0 Å². The number of hydrogen-bond donors (Lipinski definition) is 1. The molecule has 0 heterocycles. The Kier molecular flexibility index (Phi) is 7.38. The maximum absolute atomic E-state index is 10.2. The first-order valence-corrected chi connectivity index (χ1v) is 7.71. The summed E-state index contributed by atoms with van der Waals surface area (Å²) in [5.74, 6) is -0.936. The molecule has 0 radical (unpaired) electrons. The van der Waals surface area contributed by atoms with Crippen molar-refractivity contribution >= 4 is 5.97 Å². The lowest BCUT2D eigenvalue weighted by Crippen LogP contribution is -2.18. The largest absolute Gasteiger partial charge is 0.478 e. The molecule has 0 aromatic heterocycles. The number of allylic oxidation sites excluding steroid dienone is 11. The first-order valence-electron chi connectivity index (χ1n) is 7.71. The molecular formula is C20H26O2. The zero-order chi connectivity index (χ0) is 16.4. The Bertz CT molecular complexity index is 552. The molecule has 1 rings (SSSR count). The molecule has 1 aliphatic rings. The number of aliphatic carboxylic acids is 1. The molecule has 0 spiro atoms. The molecule has 118 valence electrons. The predicted octanol–water partition coefficient (Wildman–Crippen LogP) is 5.38. The summed E-state index contributed by atoms with van der Waals surface area (Å²) in [5, 5.41) is 8.42. The highest BCUT2D eigenvalue weighted by Crippen LogP contribution is 2.40.